The van der Waals surface area contributed by atoms with E-state index >= 15 is 0 Å². The molecule has 0 aliphatic carbocycles. The fourth-order valence-corrected chi connectivity index (χ4v) is 5.14. The Morgan fingerprint density at radius 1 is 1.50 bits per heavy atom. The molecule has 0 radical (unpaired) electrons. The molecule has 0 amide bonds. The van der Waals surface area contributed by atoms with Crippen LogP contribution in [0.3, 0.4) is 0 Å². The van der Waals surface area contributed by atoms with E-state index in [4.69, 9.17) is 5.73 Å². The smallest absolute Gasteiger partial charge is 0.243 e. The van der Waals surface area contributed by atoms with E-state index < -0.39 is 10.0 Å². The normalized spacial score (nSPS) is 21.1. The zero-order valence-corrected chi connectivity index (χ0v) is 12.5. The largest absolute Gasteiger partial charge is 0.326 e. The first kappa shape index (κ1) is 14.0. The Labute approximate surface area is 113 Å². The Balaban J connectivity index is 2.25. The Morgan fingerprint density at radius 2 is 2.22 bits per heavy atom. The lowest BCUT2D eigenvalue weighted by Crippen LogP contribution is -2.43. The van der Waals surface area contributed by atoms with Crippen molar-refractivity contribution in [2.45, 2.75) is 38.1 Å². The van der Waals surface area contributed by atoms with Crippen molar-refractivity contribution >= 4 is 21.4 Å². The van der Waals surface area contributed by atoms with Gasteiger partial charge < -0.3 is 5.73 Å². The van der Waals surface area contributed by atoms with Crippen LogP contribution in [0.4, 0.5) is 0 Å². The minimum atomic E-state index is -3.33. The van der Waals surface area contributed by atoms with Crippen LogP contribution in [0.25, 0.3) is 0 Å². The lowest BCUT2D eigenvalue weighted by Gasteiger charge is -2.36. The summed E-state index contributed by atoms with van der Waals surface area (Å²) in [5.74, 6) is 0. The molecule has 2 heterocycles. The van der Waals surface area contributed by atoms with Crippen LogP contribution in [0.1, 0.15) is 31.6 Å². The van der Waals surface area contributed by atoms with Gasteiger partial charge in [0.1, 0.15) is 0 Å². The highest BCUT2D eigenvalue weighted by Gasteiger charge is 2.34. The lowest BCUT2D eigenvalue weighted by molar-refractivity contribution is 0.187. The predicted molar refractivity (Wildman–Crippen MR) is 74.0 cm³/mol. The first-order valence-corrected chi connectivity index (χ1v) is 8.45. The molecule has 1 aromatic heterocycles. The van der Waals surface area contributed by atoms with Crippen molar-refractivity contribution < 1.29 is 8.42 Å². The van der Waals surface area contributed by atoms with Crippen molar-refractivity contribution in [1.82, 2.24) is 4.31 Å². The second kappa shape index (κ2) is 4.92. The second-order valence-electron chi connectivity index (χ2n) is 5.56. The topological polar surface area (TPSA) is 63.4 Å². The summed E-state index contributed by atoms with van der Waals surface area (Å²) in [5, 5.41) is 1.69. The van der Waals surface area contributed by atoms with Crippen LogP contribution in [0, 0.1) is 5.41 Å². The minimum Gasteiger partial charge on any atom is -0.326 e. The molecule has 0 spiro atoms. The van der Waals surface area contributed by atoms with Crippen LogP contribution >= 0.6 is 11.3 Å². The van der Waals surface area contributed by atoms with Gasteiger partial charge >= 0.3 is 0 Å². The van der Waals surface area contributed by atoms with Gasteiger partial charge in [0.2, 0.25) is 10.0 Å². The Bertz CT molecular complexity index is 520. The van der Waals surface area contributed by atoms with Gasteiger partial charge in [-0.3, -0.25) is 0 Å². The van der Waals surface area contributed by atoms with Gasteiger partial charge in [0.05, 0.1) is 4.90 Å². The number of rotatable bonds is 3. The standard InChI is InChI=1S/C12H20N2O2S2/c1-12(2)4-3-5-14(9-12)18(15,16)11-6-10(7-13)17-8-11/h6,8H,3-5,7,9,13H2,1-2H3. The summed E-state index contributed by atoms with van der Waals surface area (Å²) in [7, 11) is -3.33. The molecule has 1 aromatic rings. The van der Waals surface area contributed by atoms with E-state index in [2.05, 4.69) is 13.8 Å². The number of hydrogen-bond acceptors (Lipinski definition) is 4. The number of hydrogen-bond donors (Lipinski definition) is 1. The van der Waals surface area contributed by atoms with Crippen LogP contribution < -0.4 is 5.73 Å². The zero-order chi connectivity index (χ0) is 13.4. The molecule has 0 unspecified atom stereocenters. The third-order valence-corrected chi connectivity index (χ3v) is 6.27. The highest BCUT2D eigenvalue weighted by Crippen LogP contribution is 2.32. The number of nitrogens with zero attached hydrogens (tertiary/aromatic N) is 1. The molecule has 0 saturated carbocycles. The van der Waals surface area contributed by atoms with E-state index in [1.165, 1.54) is 11.3 Å². The highest BCUT2D eigenvalue weighted by atomic mass is 32.2. The summed E-state index contributed by atoms with van der Waals surface area (Å²) in [6, 6.07) is 1.70. The summed E-state index contributed by atoms with van der Waals surface area (Å²) in [5.41, 5.74) is 5.60. The maximum absolute atomic E-state index is 12.5. The van der Waals surface area contributed by atoms with Crippen molar-refractivity contribution in [2.75, 3.05) is 13.1 Å². The molecule has 18 heavy (non-hydrogen) atoms. The van der Waals surface area contributed by atoms with E-state index in [0.717, 1.165) is 17.7 Å². The Kier molecular flexibility index (Phi) is 3.82. The molecule has 2 N–H and O–H groups in total. The summed E-state index contributed by atoms with van der Waals surface area (Å²) in [6.45, 7) is 5.86. The van der Waals surface area contributed by atoms with E-state index in [0.29, 0.717) is 24.5 Å². The molecular formula is C12H20N2O2S2. The van der Waals surface area contributed by atoms with Gasteiger partial charge in [0, 0.05) is 29.9 Å². The third kappa shape index (κ3) is 2.77. The van der Waals surface area contributed by atoms with E-state index in [9.17, 15) is 8.42 Å². The first-order valence-electron chi connectivity index (χ1n) is 6.13. The minimum absolute atomic E-state index is 0.0675. The van der Waals surface area contributed by atoms with Crippen LogP contribution in [0.5, 0.6) is 0 Å². The summed E-state index contributed by atoms with van der Waals surface area (Å²) in [6.07, 6.45) is 2.01. The van der Waals surface area contributed by atoms with Crippen LogP contribution in [0.2, 0.25) is 0 Å². The van der Waals surface area contributed by atoms with Gasteiger partial charge in [0.25, 0.3) is 0 Å². The average molecular weight is 288 g/mol. The molecular weight excluding hydrogens is 268 g/mol. The average Bonchev–Trinajstić information content (AvgIpc) is 2.76. The van der Waals surface area contributed by atoms with Crippen LogP contribution in [-0.2, 0) is 16.6 Å². The SMILES string of the molecule is CC1(C)CCCN(S(=O)(=O)c2csc(CN)c2)C1. The lowest BCUT2D eigenvalue weighted by atomic mass is 9.85. The molecule has 6 heteroatoms. The Hall–Kier alpha value is -0.430. The van der Waals surface area contributed by atoms with E-state index in [1.54, 1.807) is 15.8 Å². The molecule has 0 aromatic carbocycles. The molecule has 1 aliphatic heterocycles. The maximum Gasteiger partial charge on any atom is 0.243 e. The molecule has 102 valence electrons. The maximum atomic E-state index is 12.5. The van der Waals surface area contributed by atoms with Gasteiger partial charge in [-0.25, -0.2) is 8.42 Å². The second-order valence-corrected chi connectivity index (χ2v) is 8.49. The van der Waals surface area contributed by atoms with Gasteiger partial charge in [-0.2, -0.15) is 4.31 Å². The quantitative estimate of drug-likeness (QED) is 0.925. The van der Waals surface area contributed by atoms with Crippen molar-refractivity contribution in [3.05, 3.63) is 16.3 Å². The van der Waals surface area contributed by atoms with E-state index in [1.807, 2.05) is 0 Å². The first-order chi connectivity index (χ1) is 8.35. The van der Waals surface area contributed by atoms with Crippen molar-refractivity contribution in [1.29, 1.82) is 0 Å². The van der Waals surface area contributed by atoms with Crippen LogP contribution in [0.15, 0.2) is 16.3 Å². The van der Waals surface area contributed by atoms with Crippen molar-refractivity contribution in [2.24, 2.45) is 11.1 Å². The zero-order valence-electron chi connectivity index (χ0n) is 10.8. The predicted octanol–water partition coefficient (Wildman–Crippen LogP) is 2.02. The fraction of sp³-hybridized carbons (Fsp3) is 0.667. The van der Waals surface area contributed by atoms with Crippen molar-refractivity contribution in [3.8, 4) is 0 Å². The molecule has 1 saturated heterocycles. The Morgan fingerprint density at radius 3 is 2.78 bits per heavy atom. The van der Waals surface area contributed by atoms with Gasteiger partial charge in [-0.1, -0.05) is 13.8 Å². The molecule has 2 rings (SSSR count). The van der Waals surface area contributed by atoms with Crippen molar-refractivity contribution in [3.63, 3.8) is 0 Å². The van der Waals surface area contributed by atoms with Crippen LogP contribution in [-0.4, -0.2) is 25.8 Å². The molecule has 4 nitrogen and oxygen atoms in total. The number of nitrogens with two attached hydrogens (primary N) is 1. The monoisotopic (exact) mass is 288 g/mol. The molecule has 1 aliphatic rings. The molecule has 1 fully saturated rings. The van der Waals surface area contributed by atoms with Gasteiger partial charge in [-0.15, -0.1) is 11.3 Å². The number of sulfonamides is 1. The number of thiophene rings is 1. The molecule has 0 atom stereocenters. The third-order valence-electron chi connectivity index (χ3n) is 3.33. The summed E-state index contributed by atoms with van der Waals surface area (Å²) >= 11 is 1.41. The number of piperidine rings is 1. The van der Waals surface area contributed by atoms with Gasteiger partial charge in [-0.05, 0) is 24.3 Å². The summed E-state index contributed by atoms with van der Waals surface area (Å²) in [4.78, 5) is 1.30. The van der Waals surface area contributed by atoms with E-state index in [-0.39, 0.29) is 5.41 Å². The summed E-state index contributed by atoms with van der Waals surface area (Å²) < 4.78 is 26.6. The fourth-order valence-electron chi connectivity index (χ4n) is 2.33. The highest BCUT2D eigenvalue weighted by molar-refractivity contribution is 7.89. The van der Waals surface area contributed by atoms with Gasteiger partial charge in [0.15, 0.2) is 0 Å². The molecule has 0 bridgehead atoms.